The molecule has 2 aromatic rings. The number of carbonyl (C=O) groups excluding carboxylic acids is 2. The average Bonchev–Trinajstić information content (AvgIpc) is 2.48. The van der Waals surface area contributed by atoms with Crippen LogP contribution in [0, 0.1) is 6.92 Å². The van der Waals surface area contributed by atoms with Gasteiger partial charge in [-0.1, -0.05) is 29.8 Å². The fourth-order valence-electron chi connectivity index (χ4n) is 1.74. The van der Waals surface area contributed by atoms with E-state index < -0.39 is 11.9 Å². The number of hydrogen-bond donors (Lipinski definition) is 1. The maximum Gasteiger partial charge on any atom is 0.340 e. The van der Waals surface area contributed by atoms with E-state index in [2.05, 4.69) is 21.2 Å². The Morgan fingerprint density at radius 1 is 1.23 bits per heavy atom. The highest BCUT2D eigenvalue weighted by atomic mass is 79.9. The lowest BCUT2D eigenvalue weighted by Crippen LogP contribution is -2.21. The fraction of sp³-hybridized carbons (Fsp3) is 0.125. The third-order valence-corrected chi connectivity index (χ3v) is 3.81. The summed E-state index contributed by atoms with van der Waals surface area (Å²) >= 11 is 9.25. The van der Waals surface area contributed by atoms with Gasteiger partial charge < -0.3 is 10.1 Å². The minimum atomic E-state index is -0.635. The zero-order valence-corrected chi connectivity index (χ0v) is 14.1. The summed E-state index contributed by atoms with van der Waals surface area (Å²) in [6.45, 7) is 1.56. The van der Waals surface area contributed by atoms with Gasteiger partial charge in [-0.3, -0.25) is 4.79 Å². The van der Waals surface area contributed by atoms with Gasteiger partial charge in [0.2, 0.25) is 0 Å². The fourth-order valence-corrected chi connectivity index (χ4v) is 2.55. The standard InChI is InChI=1S/C16H13BrClNO3/c1-10-6-7-14(12(17)8-10)19-15(20)9-22-16(21)11-4-2-3-5-13(11)18/h2-8H,9H2,1H3,(H,19,20). The normalized spacial score (nSPS) is 10.1. The van der Waals surface area contributed by atoms with Crippen molar-refractivity contribution in [2.24, 2.45) is 0 Å². The van der Waals surface area contributed by atoms with E-state index in [9.17, 15) is 9.59 Å². The van der Waals surface area contributed by atoms with Gasteiger partial charge in [-0.2, -0.15) is 0 Å². The third-order valence-electron chi connectivity index (χ3n) is 2.83. The Morgan fingerprint density at radius 2 is 1.95 bits per heavy atom. The molecule has 0 saturated carbocycles. The van der Waals surface area contributed by atoms with Crippen LogP contribution in [-0.4, -0.2) is 18.5 Å². The summed E-state index contributed by atoms with van der Waals surface area (Å²) in [6, 6.07) is 12.0. The molecule has 4 nitrogen and oxygen atoms in total. The molecule has 2 aromatic carbocycles. The largest absolute Gasteiger partial charge is 0.452 e. The van der Waals surface area contributed by atoms with E-state index in [0.29, 0.717) is 5.69 Å². The number of benzene rings is 2. The van der Waals surface area contributed by atoms with Gasteiger partial charge in [0, 0.05) is 4.47 Å². The van der Waals surface area contributed by atoms with Crippen molar-refractivity contribution in [2.75, 3.05) is 11.9 Å². The Hall–Kier alpha value is -1.85. The highest BCUT2D eigenvalue weighted by Gasteiger charge is 2.13. The van der Waals surface area contributed by atoms with E-state index >= 15 is 0 Å². The molecule has 6 heteroatoms. The molecule has 1 N–H and O–H groups in total. The minimum absolute atomic E-state index is 0.230. The molecule has 0 radical (unpaired) electrons. The van der Waals surface area contributed by atoms with E-state index in [1.165, 1.54) is 0 Å². The lowest BCUT2D eigenvalue weighted by molar-refractivity contribution is -0.119. The highest BCUT2D eigenvalue weighted by molar-refractivity contribution is 9.10. The molecular weight excluding hydrogens is 370 g/mol. The van der Waals surface area contributed by atoms with Gasteiger partial charge in [0.1, 0.15) is 0 Å². The summed E-state index contributed by atoms with van der Waals surface area (Å²) in [4.78, 5) is 23.7. The van der Waals surface area contributed by atoms with Crippen LogP contribution in [0.15, 0.2) is 46.9 Å². The molecular formula is C16H13BrClNO3. The van der Waals surface area contributed by atoms with Crippen molar-refractivity contribution in [2.45, 2.75) is 6.92 Å². The summed E-state index contributed by atoms with van der Waals surface area (Å²) in [5, 5.41) is 2.95. The number of nitrogens with one attached hydrogen (secondary N) is 1. The number of ether oxygens (including phenoxy) is 1. The Morgan fingerprint density at radius 3 is 2.64 bits per heavy atom. The second kappa shape index (κ2) is 7.42. The first-order valence-corrected chi connectivity index (χ1v) is 7.62. The Kier molecular flexibility index (Phi) is 5.57. The minimum Gasteiger partial charge on any atom is -0.452 e. The Bertz CT molecular complexity index is 718. The number of halogens is 2. The van der Waals surface area contributed by atoms with E-state index in [4.69, 9.17) is 16.3 Å². The number of anilines is 1. The first-order chi connectivity index (χ1) is 10.5. The SMILES string of the molecule is Cc1ccc(NC(=O)COC(=O)c2ccccc2Cl)c(Br)c1. The van der Waals surface area contributed by atoms with Crippen molar-refractivity contribution in [1.82, 2.24) is 0 Å². The summed E-state index contributed by atoms with van der Waals surface area (Å²) < 4.78 is 5.72. The number of aryl methyl sites for hydroxylation is 1. The molecule has 0 spiro atoms. The van der Waals surface area contributed by atoms with E-state index in [0.717, 1.165) is 10.0 Å². The van der Waals surface area contributed by atoms with Gasteiger partial charge in [0.05, 0.1) is 16.3 Å². The van der Waals surface area contributed by atoms with Gasteiger partial charge in [-0.25, -0.2) is 4.79 Å². The molecule has 0 aromatic heterocycles. The van der Waals surface area contributed by atoms with Crippen LogP contribution in [0.4, 0.5) is 5.69 Å². The summed E-state index contributed by atoms with van der Waals surface area (Å²) in [7, 11) is 0. The molecule has 0 fully saturated rings. The third kappa shape index (κ3) is 4.32. The predicted molar refractivity (Wildman–Crippen MR) is 89.2 cm³/mol. The van der Waals surface area contributed by atoms with Crippen LogP contribution in [0.3, 0.4) is 0 Å². The zero-order valence-electron chi connectivity index (χ0n) is 11.7. The topological polar surface area (TPSA) is 55.4 Å². The average molecular weight is 383 g/mol. The smallest absolute Gasteiger partial charge is 0.340 e. The first-order valence-electron chi connectivity index (χ1n) is 6.45. The number of amides is 1. The van der Waals surface area contributed by atoms with Gasteiger partial charge in [-0.15, -0.1) is 0 Å². The number of hydrogen-bond acceptors (Lipinski definition) is 3. The second-order valence-corrected chi connectivity index (χ2v) is 5.85. The van der Waals surface area contributed by atoms with Crippen molar-refractivity contribution < 1.29 is 14.3 Å². The monoisotopic (exact) mass is 381 g/mol. The quantitative estimate of drug-likeness (QED) is 0.806. The first kappa shape index (κ1) is 16.5. The van der Waals surface area contributed by atoms with Crippen molar-refractivity contribution in [3.8, 4) is 0 Å². The summed E-state index contributed by atoms with van der Waals surface area (Å²) in [5.41, 5.74) is 1.91. The van der Waals surface area contributed by atoms with E-state index in [1.807, 2.05) is 19.1 Å². The van der Waals surface area contributed by atoms with Crippen LogP contribution < -0.4 is 5.32 Å². The van der Waals surface area contributed by atoms with Crippen LogP contribution in [0.5, 0.6) is 0 Å². The lowest BCUT2D eigenvalue weighted by Gasteiger charge is -2.09. The second-order valence-electron chi connectivity index (χ2n) is 4.59. The highest BCUT2D eigenvalue weighted by Crippen LogP contribution is 2.23. The van der Waals surface area contributed by atoms with Crippen LogP contribution in [0.2, 0.25) is 5.02 Å². The molecule has 114 valence electrons. The zero-order chi connectivity index (χ0) is 16.1. The van der Waals surface area contributed by atoms with Crippen molar-refractivity contribution in [3.63, 3.8) is 0 Å². The predicted octanol–water partition coefficient (Wildman–Crippen LogP) is 4.21. The van der Waals surface area contributed by atoms with Gasteiger partial charge in [0.15, 0.2) is 6.61 Å². The summed E-state index contributed by atoms with van der Waals surface area (Å²) in [5.74, 6) is -1.06. The van der Waals surface area contributed by atoms with Crippen LogP contribution in [0.25, 0.3) is 0 Å². The van der Waals surface area contributed by atoms with Crippen molar-refractivity contribution in [1.29, 1.82) is 0 Å². The molecule has 0 unspecified atom stereocenters. The maximum atomic E-state index is 11.8. The molecule has 0 aliphatic carbocycles. The Labute approximate surface area is 141 Å². The Balaban J connectivity index is 1.93. The van der Waals surface area contributed by atoms with Crippen LogP contribution >= 0.6 is 27.5 Å². The van der Waals surface area contributed by atoms with Crippen LogP contribution in [-0.2, 0) is 9.53 Å². The van der Waals surface area contributed by atoms with Gasteiger partial charge >= 0.3 is 5.97 Å². The molecule has 22 heavy (non-hydrogen) atoms. The van der Waals surface area contributed by atoms with Gasteiger partial charge in [0.25, 0.3) is 5.91 Å². The molecule has 0 atom stereocenters. The summed E-state index contributed by atoms with van der Waals surface area (Å²) in [6.07, 6.45) is 0. The molecule has 1 amide bonds. The molecule has 2 rings (SSSR count). The molecule has 0 saturated heterocycles. The molecule has 0 bridgehead atoms. The molecule has 0 heterocycles. The number of esters is 1. The van der Waals surface area contributed by atoms with Crippen molar-refractivity contribution >= 4 is 45.1 Å². The molecule has 0 aliphatic heterocycles. The maximum absolute atomic E-state index is 11.8. The van der Waals surface area contributed by atoms with E-state index in [1.54, 1.807) is 30.3 Å². The number of carbonyl (C=O) groups is 2. The number of rotatable bonds is 4. The van der Waals surface area contributed by atoms with E-state index in [-0.39, 0.29) is 17.2 Å². The van der Waals surface area contributed by atoms with Crippen LogP contribution in [0.1, 0.15) is 15.9 Å². The lowest BCUT2D eigenvalue weighted by atomic mass is 10.2. The van der Waals surface area contributed by atoms with Crippen molar-refractivity contribution in [3.05, 3.63) is 63.1 Å². The molecule has 0 aliphatic rings. The van der Waals surface area contributed by atoms with Gasteiger partial charge in [-0.05, 0) is 52.7 Å².